The zero-order valence-electron chi connectivity index (χ0n) is 18.2. The third-order valence-corrected chi connectivity index (χ3v) is 10.2. The van der Waals surface area contributed by atoms with Crippen molar-refractivity contribution in [1.82, 2.24) is 34.4 Å². The number of piperidine rings is 1. The van der Waals surface area contributed by atoms with Crippen LogP contribution < -0.4 is 10.9 Å². The van der Waals surface area contributed by atoms with Gasteiger partial charge in [-0.25, -0.2) is 19.5 Å². The molecule has 168 valence electrons. The van der Waals surface area contributed by atoms with Gasteiger partial charge < -0.3 is 5.32 Å². The second-order valence-corrected chi connectivity index (χ2v) is 12.5. The minimum atomic E-state index is -1.01. The third kappa shape index (κ3) is 3.18. The number of nitrogens with zero attached hydrogens (tertiary/aromatic N) is 6. The van der Waals surface area contributed by atoms with Crippen molar-refractivity contribution in [2.75, 3.05) is 7.05 Å². The number of nitrogens with one attached hydrogen (secondary N) is 2. The van der Waals surface area contributed by atoms with E-state index in [1.807, 2.05) is 5.51 Å². The van der Waals surface area contributed by atoms with Gasteiger partial charge in [-0.05, 0) is 46.6 Å². The Labute approximate surface area is 192 Å². The Kier molecular flexibility index (Phi) is 4.49. The molecule has 6 rings (SSSR count). The molecule has 3 aromatic heterocycles. The van der Waals surface area contributed by atoms with Crippen molar-refractivity contribution in [3.05, 3.63) is 40.7 Å². The van der Waals surface area contributed by atoms with Crippen LogP contribution in [0.15, 0.2) is 45.1 Å². The highest BCUT2D eigenvalue weighted by Gasteiger charge is 2.50. The lowest BCUT2D eigenvalue weighted by atomic mass is 9.85. The normalized spacial score (nSPS) is 32.3. The molecule has 2 bridgehead atoms. The van der Waals surface area contributed by atoms with Crippen molar-refractivity contribution in [3.8, 4) is 11.3 Å². The van der Waals surface area contributed by atoms with E-state index in [4.69, 9.17) is 4.99 Å². The van der Waals surface area contributed by atoms with Gasteiger partial charge in [0.2, 0.25) is 0 Å². The Morgan fingerprint density at radius 3 is 2.72 bits per heavy atom. The van der Waals surface area contributed by atoms with E-state index in [9.17, 15) is 4.79 Å². The maximum Gasteiger partial charge on any atom is 0.260 e. The molecule has 3 aromatic rings. The van der Waals surface area contributed by atoms with Gasteiger partial charge in [0.25, 0.3) is 5.56 Å². The number of H-pyrrole nitrogens is 1. The molecule has 4 atom stereocenters. The Balaban J connectivity index is 1.37. The lowest BCUT2D eigenvalue weighted by Gasteiger charge is -2.47. The van der Waals surface area contributed by atoms with Crippen LogP contribution in [0.25, 0.3) is 11.3 Å². The monoisotopic (exact) mass is 470 g/mol. The zero-order chi connectivity index (χ0) is 22.1. The van der Waals surface area contributed by atoms with E-state index in [-0.39, 0.29) is 16.6 Å². The first kappa shape index (κ1) is 20.3. The van der Waals surface area contributed by atoms with Gasteiger partial charge in [0.1, 0.15) is 11.4 Å². The first-order valence-electron chi connectivity index (χ1n) is 10.8. The van der Waals surface area contributed by atoms with E-state index in [1.165, 1.54) is 24.2 Å². The molecule has 0 spiro atoms. The Morgan fingerprint density at radius 2 is 2.03 bits per heavy atom. The van der Waals surface area contributed by atoms with Crippen molar-refractivity contribution < 1.29 is 0 Å². The summed E-state index contributed by atoms with van der Waals surface area (Å²) in [5.41, 5.74) is 3.41. The fourth-order valence-electron chi connectivity index (χ4n) is 5.49. The lowest BCUT2D eigenvalue weighted by Crippen LogP contribution is -2.58. The maximum absolute atomic E-state index is 13.1. The smallest absolute Gasteiger partial charge is 0.260 e. The molecule has 9 nitrogen and oxygen atoms in total. The molecule has 2 N–H and O–H groups in total. The second-order valence-electron chi connectivity index (χ2n) is 9.56. The predicted octanol–water partition coefficient (Wildman–Crippen LogP) is 2.91. The molecular weight excluding hydrogens is 444 g/mol. The van der Waals surface area contributed by atoms with E-state index < -0.39 is 11.1 Å². The van der Waals surface area contributed by atoms with Gasteiger partial charge in [-0.1, -0.05) is 11.1 Å². The summed E-state index contributed by atoms with van der Waals surface area (Å²) in [5, 5.41) is 13.2. The van der Waals surface area contributed by atoms with Crippen molar-refractivity contribution in [3.63, 3.8) is 0 Å². The number of fused-ring (bicyclic) bond motifs is 3. The molecule has 2 fully saturated rings. The van der Waals surface area contributed by atoms with Crippen LogP contribution in [0.5, 0.6) is 0 Å². The van der Waals surface area contributed by atoms with Gasteiger partial charge in [-0.2, -0.15) is 5.10 Å². The largest absolute Gasteiger partial charge is 0.306 e. The molecule has 6 heterocycles. The van der Waals surface area contributed by atoms with Crippen molar-refractivity contribution in [2.45, 2.75) is 61.7 Å². The number of aromatic amines is 1. The molecule has 3 aliphatic heterocycles. The quantitative estimate of drug-likeness (QED) is 0.509. The number of aromatic nitrogens is 5. The van der Waals surface area contributed by atoms with Gasteiger partial charge in [0.05, 0.1) is 17.4 Å². The number of thiol groups is 1. The van der Waals surface area contributed by atoms with E-state index >= 15 is 0 Å². The lowest BCUT2D eigenvalue weighted by molar-refractivity contribution is 0.160. The van der Waals surface area contributed by atoms with Crippen LogP contribution in [-0.2, 0) is 0 Å². The van der Waals surface area contributed by atoms with Crippen LogP contribution in [0.2, 0.25) is 0 Å². The molecule has 0 saturated carbocycles. The summed E-state index contributed by atoms with van der Waals surface area (Å²) in [6.45, 7) is 4.68. The highest BCUT2D eigenvalue weighted by Crippen LogP contribution is 2.55. The fraction of sp³-hybridized carbons (Fsp3) is 0.476. The van der Waals surface area contributed by atoms with Crippen LogP contribution in [0.3, 0.4) is 0 Å². The molecule has 0 amide bonds. The SMILES string of the molecule is CN([C@H]1C[C@]2(C)CC[C@](C)(C1)N2)[SH]1C(n2cnc(-c3cn[nH]c3)cc2=O)=Nc2scnc21. The van der Waals surface area contributed by atoms with Gasteiger partial charge in [-0.3, -0.25) is 14.2 Å². The van der Waals surface area contributed by atoms with Crippen LogP contribution in [-0.4, -0.2) is 58.4 Å². The summed E-state index contributed by atoms with van der Waals surface area (Å²) in [5.74, 6) is 0. The Bertz CT molecular complexity index is 1250. The van der Waals surface area contributed by atoms with Crippen LogP contribution in [0.4, 0.5) is 5.00 Å². The average molecular weight is 471 g/mol. The average Bonchev–Trinajstić information content (AvgIpc) is 3.51. The number of aliphatic imine (C=N–C) groups is 1. The minimum absolute atomic E-state index is 0.143. The molecule has 11 heteroatoms. The summed E-state index contributed by atoms with van der Waals surface area (Å²) >= 11 is 0.513. The van der Waals surface area contributed by atoms with Gasteiger partial charge in [0.15, 0.2) is 10.2 Å². The summed E-state index contributed by atoms with van der Waals surface area (Å²) < 4.78 is 4.04. The van der Waals surface area contributed by atoms with Gasteiger partial charge in [0, 0.05) is 34.9 Å². The van der Waals surface area contributed by atoms with Gasteiger partial charge >= 0.3 is 0 Å². The Morgan fingerprint density at radius 1 is 1.25 bits per heavy atom. The predicted molar refractivity (Wildman–Crippen MR) is 128 cm³/mol. The molecule has 0 aliphatic carbocycles. The molecule has 1 unspecified atom stereocenters. The summed E-state index contributed by atoms with van der Waals surface area (Å²) in [7, 11) is 2.18. The zero-order valence-corrected chi connectivity index (χ0v) is 20.0. The topological polar surface area (TPSA) is 104 Å². The second kappa shape index (κ2) is 7.08. The number of thiazole rings is 1. The highest BCUT2D eigenvalue weighted by molar-refractivity contribution is 8.28. The first-order chi connectivity index (χ1) is 15.3. The summed E-state index contributed by atoms with van der Waals surface area (Å²) in [4.78, 5) is 27.2. The van der Waals surface area contributed by atoms with Crippen molar-refractivity contribution in [2.24, 2.45) is 4.99 Å². The molecule has 0 radical (unpaired) electrons. The molecule has 0 aromatic carbocycles. The highest BCUT2D eigenvalue weighted by atomic mass is 32.2. The fourth-order valence-corrected chi connectivity index (χ4v) is 8.81. The summed E-state index contributed by atoms with van der Waals surface area (Å²) in [6, 6.07) is 1.94. The number of rotatable bonds is 3. The maximum atomic E-state index is 13.1. The summed E-state index contributed by atoms with van der Waals surface area (Å²) in [6.07, 6.45) is 9.55. The minimum Gasteiger partial charge on any atom is -0.306 e. The molecule has 2 saturated heterocycles. The third-order valence-electron chi connectivity index (χ3n) is 6.99. The molecular formula is C21H26N8OS2. The Hall–Kier alpha value is -2.34. The van der Waals surface area contributed by atoms with Crippen LogP contribution in [0.1, 0.15) is 39.5 Å². The first-order valence-corrected chi connectivity index (χ1v) is 12.9. The standard InChI is InChI=1S/C21H26N8OS2/c1-20-4-5-21(2,27-20)8-14(7-20)28(3)32-18-17(31-12-23-18)26-19(32)29-11-22-15(6-16(29)30)13-9-24-25-10-13/h6,9-12,14,27,32H,4-5,7-8H2,1-3H3,(H,24,25)/t14-,20-,21+. The van der Waals surface area contributed by atoms with E-state index in [1.54, 1.807) is 29.4 Å². The number of hydrogen-bond donors (Lipinski definition) is 3. The van der Waals surface area contributed by atoms with Crippen molar-refractivity contribution >= 4 is 32.6 Å². The van der Waals surface area contributed by atoms with E-state index in [0.717, 1.165) is 33.6 Å². The molecule has 32 heavy (non-hydrogen) atoms. The van der Waals surface area contributed by atoms with E-state index in [2.05, 4.69) is 50.7 Å². The number of hydrogen-bond acceptors (Lipinski definition) is 8. The van der Waals surface area contributed by atoms with Gasteiger partial charge in [-0.15, -0.1) is 11.3 Å². The van der Waals surface area contributed by atoms with Crippen LogP contribution >= 0.6 is 22.4 Å². The van der Waals surface area contributed by atoms with E-state index in [0.29, 0.717) is 11.7 Å². The van der Waals surface area contributed by atoms with Crippen LogP contribution in [0, 0.1) is 0 Å². The van der Waals surface area contributed by atoms with Crippen molar-refractivity contribution in [1.29, 1.82) is 0 Å². The molecule has 3 aliphatic rings.